The van der Waals surface area contributed by atoms with Crippen molar-refractivity contribution >= 4 is 15.9 Å². The highest BCUT2D eigenvalue weighted by atomic mass is 79.9. The van der Waals surface area contributed by atoms with Gasteiger partial charge in [0.1, 0.15) is 0 Å². The molecule has 0 saturated heterocycles. The zero-order valence-electron chi connectivity index (χ0n) is 15.1. The van der Waals surface area contributed by atoms with Crippen LogP contribution in [-0.4, -0.2) is 0 Å². The molecule has 5 rings (SSSR count). The molecule has 4 aromatic carbocycles. The first-order chi connectivity index (χ1) is 13.2. The number of fused-ring (bicyclic) bond motifs is 3. The van der Waals surface area contributed by atoms with Gasteiger partial charge in [-0.2, -0.15) is 0 Å². The fourth-order valence-electron chi connectivity index (χ4n) is 4.57. The molecule has 0 radical (unpaired) electrons. The molecule has 1 heteroatoms. The minimum Gasteiger partial charge on any atom is -0.0622 e. The van der Waals surface area contributed by atoms with Crippen molar-refractivity contribution in [1.29, 1.82) is 0 Å². The van der Waals surface area contributed by atoms with Gasteiger partial charge in [0, 0.05) is 4.47 Å². The molecule has 0 N–H and O–H groups in total. The van der Waals surface area contributed by atoms with Gasteiger partial charge in [0.25, 0.3) is 0 Å². The van der Waals surface area contributed by atoms with E-state index in [9.17, 15) is 0 Å². The van der Waals surface area contributed by atoms with Gasteiger partial charge in [0.15, 0.2) is 0 Å². The average Bonchev–Trinajstić information content (AvgIpc) is 3.02. The maximum atomic E-state index is 3.89. The van der Waals surface area contributed by atoms with E-state index >= 15 is 0 Å². The second-order valence-corrected chi connectivity index (χ2v) is 8.04. The molecule has 1 unspecified atom stereocenters. The third-order valence-electron chi connectivity index (χ3n) is 5.70. The molecule has 0 bridgehead atoms. The van der Waals surface area contributed by atoms with E-state index in [0.717, 1.165) is 4.47 Å². The van der Waals surface area contributed by atoms with Crippen LogP contribution in [0.1, 0.15) is 27.8 Å². The second-order valence-electron chi connectivity index (χ2n) is 7.19. The third-order valence-corrected chi connectivity index (χ3v) is 6.36. The summed E-state index contributed by atoms with van der Waals surface area (Å²) in [7, 11) is 0. The van der Waals surface area contributed by atoms with Crippen LogP contribution in [0, 0.1) is 6.92 Å². The van der Waals surface area contributed by atoms with Gasteiger partial charge in [-0.15, -0.1) is 0 Å². The van der Waals surface area contributed by atoms with E-state index < -0.39 is 0 Å². The molecule has 0 amide bonds. The fourth-order valence-corrected chi connectivity index (χ4v) is 5.23. The van der Waals surface area contributed by atoms with Crippen LogP contribution in [0.3, 0.4) is 0 Å². The van der Waals surface area contributed by atoms with Crippen LogP contribution < -0.4 is 0 Å². The molecule has 1 aliphatic carbocycles. The van der Waals surface area contributed by atoms with Gasteiger partial charge in [0.2, 0.25) is 0 Å². The van der Waals surface area contributed by atoms with Gasteiger partial charge in [0.05, 0.1) is 5.41 Å². The van der Waals surface area contributed by atoms with Gasteiger partial charge < -0.3 is 0 Å². The Balaban J connectivity index is 1.99. The van der Waals surface area contributed by atoms with Crippen LogP contribution in [-0.2, 0) is 5.41 Å². The largest absolute Gasteiger partial charge is 0.0724 e. The lowest BCUT2D eigenvalue weighted by Gasteiger charge is -2.34. The molecule has 0 fully saturated rings. The minimum atomic E-state index is -0.318. The highest BCUT2D eigenvalue weighted by Crippen LogP contribution is 2.57. The molecule has 0 heterocycles. The zero-order chi connectivity index (χ0) is 18.4. The quantitative estimate of drug-likeness (QED) is 0.290. The lowest BCUT2D eigenvalue weighted by Crippen LogP contribution is -2.29. The molecule has 27 heavy (non-hydrogen) atoms. The van der Waals surface area contributed by atoms with Crippen molar-refractivity contribution in [1.82, 2.24) is 0 Å². The van der Waals surface area contributed by atoms with Crippen molar-refractivity contribution in [2.75, 3.05) is 0 Å². The first-order valence-electron chi connectivity index (χ1n) is 9.24. The fraction of sp³-hybridized carbons (Fsp3) is 0.0769. The Hall–Kier alpha value is -2.64. The Kier molecular flexibility index (Phi) is 3.80. The summed E-state index contributed by atoms with van der Waals surface area (Å²) in [6.07, 6.45) is 0. The Morgan fingerprint density at radius 2 is 1.22 bits per heavy atom. The van der Waals surface area contributed by atoms with Crippen molar-refractivity contribution < 1.29 is 0 Å². The van der Waals surface area contributed by atoms with Crippen molar-refractivity contribution in [3.05, 3.63) is 129 Å². The lowest BCUT2D eigenvalue weighted by atomic mass is 9.67. The van der Waals surface area contributed by atoms with E-state index in [0.29, 0.717) is 0 Å². The number of hydrogen-bond acceptors (Lipinski definition) is 0. The zero-order valence-corrected chi connectivity index (χ0v) is 16.7. The van der Waals surface area contributed by atoms with E-state index in [-0.39, 0.29) is 5.41 Å². The van der Waals surface area contributed by atoms with Crippen LogP contribution in [0.5, 0.6) is 0 Å². The van der Waals surface area contributed by atoms with Crippen LogP contribution in [0.15, 0.2) is 102 Å². The molecule has 1 atom stereocenters. The topological polar surface area (TPSA) is 0 Å². The molecule has 0 spiro atoms. The van der Waals surface area contributed by atoms with E-state index in [1.807, 2.05) is 0 Å². The predicted molar refractivity (Wildman–Crippen MR) is 116 cm³/mol. The van der Waals surface area contributed by atoms with Gasteiger partial charge in [-0.3, -0.25) is 0 Å². The molecule has 1 aliphatic rings. The number of benzene rings is 4. The highest BCUT2D eigenvalue weighted by Gasteiger charge is 2.46. The van der Waals surface area contributed by atoms with Crippen LogP contribution in [0.2, 0.25) is 0 Å². The van der Waals surface area contributed by atoms with Crippen LogP contribution in [0.25, 0.3) is 11.1 Å². The maximum Gasteiger partial charge on any atom is 0.0724 e. The standard InChI is InChI=1S/C26H19Br/c1-18-14-16-20(17-15-18)26(19-8-3-2-4-9-19)23-12-6-5-10-21(23)22-11-7-13-24(27)25(22)26/h2-17H,1H3. The summed E-state index contributed by atoms with van der Waals surface area (Å²) in [6.45, 7) is 2.14. The summed E-state index contributed by atoms with van der Waals surface area (Å²) in [4.78, 5) is 0. The average molecular weight is 411 g/mol. The lowest BCUT2D eigenvalue weighted by molar-refractivity contribution is 0.764. The SMILES string of the molecule is Cc1ccc(C2(c3ccccc3)c3ccccc3-c3cccc(Br)c32)cc1. The van der Waals surface area contributed by atoms with Gasteiger partial charge in [-0.05, 0) is 46.4 Å². The van der Waals surface area contributed by atoms with Crippen LogP contribution >= 0.6 is 15.9 Å². The first-order valence-corrected chi connectivity index (χ1v) is 10.0. The first kappa shape index (κ1) is 16.5. The molecule has 0 nitrogen and oxygen atoms in total. The third kappa shape index (κ3) is 2.28. The smallest absolute Gasteiger partial charge is 0.0622 e. The minimum absolute atomic E-state index is 0.318. The number of halogens is 1. The van der Waals surface area contributed by atoms with Crippen molar-refractivity contribution in [2.45, 2.75) is 12.3 Å². The molecule has 4 aromatic rings. The number of rotatable bonds is 2. The van der Waals surface area contributed by atoms with Gasteiger partial charge >= 0.3 is 0 Å². The second kappa shape index (κ2) is 6.21. The Morgan fingerprint density at radius 3 is 2.00 bits per heavy atom. The van der Waals surface area contributed by atoms with E-state index in [2.05, 4.69) is 120 Å². The van der Waals surface area contributed by atoms with E-state index in [4.69, 9.17) is 0 Å². The molecular weight excluding hydrogens is 392 g/mol. The summed E-state index contributed by atoms with van der Waals surface area (Å²) in [5, 5.41) is 0. The van der Waals surface area contributed by atoms with E-state index in [1.165, 1.54) is 38.9 Å². The number of aryl methyl sites for hydroxylation is 1. The summed E-state index contributed by atoms with van der Waals surface area (Å²) in [5.74, 6) is 0. The molecule has 130 valence electrons. The van der Waals surface area contributed by atoms with Crippen molar-refractivity contribution in [2.24, 2.45) is 0 Å². The monoisotopic (exact) mass is 410 g/mol. The Labute approximate surface area is 168 Å². The van der Waals surface area contributed by atoms with Crippen molar-refractivity contribution in [3.63, 3.8) is 0 Å². The Morgan fingerprint density at radius 1 is 0.593 bits per heavy atom. The Bertz CT molecular complexity index is 1130. The number of hydrogen-bond donors (Lipinski definition) is 0. The van der Waals surface area contributed by atoms with Gasteiger partial charge in [-0.25, -0.2) is 0 Å². The molecular formula is C26H19Br. The van der Waals surface area contributed by atoms with Gasteiger partial charge in [-0.1, -0.05) is 112 Å². The summed E-state index contributed by atoms with van der Waals surface area (Å²) in [5.41, 5.74) is 8.87. The summed E-state index contributed by atoms with van der Waals surface area (Å²) < 4.78 is 1.15. The molecule has 0 aliphatic heterocycles. The van der Waals surface area contributed by atoms with Crippen LogP contribution in [0.4, 0.5) is 0 Å². The molecule has 0 saturated carbocycles. The normalized spacial score (nSPS) is 17.4. The maximum absolute atomic E-state index is 3.89. The molecule has 0 aromatic heterocycles. The highest BCUT2D eigenvalue weighted by molar-refractivity contribution is 9.10. The van der Waals surface area contributed by atoms with Crippen molar-refractivity contribution in [3.8, 4) is 11.1 Å². The summed E-state index contributed by atoms with van der Waals surface area (Å²) in [6, 6.07) is 35.3. The van der Waals surface area contributed by atoms with E-state index in [1.54, 1.807) is 0 Å². The predicted octanol–water partition coefficient (Wildman–Crippen LogP) is 7.12. The summed E-state index contributed by atoms with van der Waals surface area (Å²) >= 11 is 3.89.